The molecule has 5 N–H and O–H groups in total. The molecular weight excluding hydrogens is 406 g/mol. The number of carbonyl (C=O) groups is 2. The number of amides is 1. The summed E-state index contributed by atoms with van der Waals surface area (Å²) in [7, 11) is 0. The quantitative estimate of drug-likeness (QED) is 0.351. The minimum absolute atomic E-state index is 0.242. The molecule has 8 nitrogen and oxygen atoms in total. The molecule has 5 rings (SSSR count). The van der Waals surface area contributed by atoms with Gasteiger partial charge in [0.25, 0.3) is 5.91 Å². The van der Waals surface area contributed by atoms with Crippen molar-refractivity contribution in [1.29, 1.82) is 0 Å². The molecule has 0 aliphatic carbocycles. The number of nitrogens with two attached hydrogens (primary N) is 1. The van der Waals surface area contributed by atoms with Crippen LogP contribution in [0.1, 0.15) is 21.6 Å². The SMILES string of the molecule is NC(=O)C1(c2[nH]nc3ccccc23)Nc2cccc(C(=O)OCCc3ccccc3)c2N1. The second-order valence-corrected chi connectivity index (χ2v) is 7.58. The number of rotatable bonds is 6. The summed E-state index contributed by atoms with van der Waals surface area (Å²) >= 11 is 0. The number of nitrogens with one attached hydrogen (secondary N) is 3. The van der Waals surface area contributed by atoms with Gasteiger partial charge in [-0.15, -0.1) is 0 Å². The van der Waals surface area contributed by atoms with E-state index < -0.39 is 17.5 Å². The lowest BCUT2D eigenvalue weighted by molar-refractivity contribution is -0.121. The van der Waals surface area contributed by atoms with Crippen molar-refractivity contribution in [3.8, 4) is 0 Å². The molecule has 2 heterocycles. The smallest absolute Gasteiger partial charge is 0.340 e. The summed E-state index contributed by atoms with van der Waals surface area (Å²) in [4.78, 5) is 25.5. The van der Waals surface area contributed by atoms with E-state index >= 15 is 0 Å². The van der Waals surface area contributed by atoms with Crippen LogP contribution < -0.4 is 16.4 Å². The van der Waals surface area contributed by atoms with E-state index in [9.17, 15) is 9.59 Å². The van der Waals surface area contributed by atoms with E-state index in [2.05, 4.69) is 20.8 Å². The highest BCUT2D eigenvalue weighted by molar-refractivity contribution is 6.06. The number of carbonyl (C=O) groups excluding carboxylic acids is 2. The monoisotopic (exact) mass is 427 g/mol. The fraction of sp³-hybridized carbons (Fsp3) is 0.125. The Kier molecular flexibility index (Phi) is 4.74. The lowest BCUT2D eigenvalue weighted by Gasteiger charge is -2.26. The van der Waals surface area contributed by atoms with Gasteiger partial charge in [-0.3, -0.25) is 9.89 Å². The van der Waals surface area contributed by atoms with Gasteiger partial charge < -0.3 is 21.1 Å². The molecule has 0 saturated carbocycles. The van der Waals surface area contributed by atoms with Crippen LogP contribution in [-0.2, 0) is 21.6 Å². The Labute approximate surface area is 183 Å². The van der Waals surface area contributed by atoms with Gasteiger partial charge in [-0.1, -0.05) is 54.6 Å². The number of fused-ring (bicyclic) bond motifs is 2. The van der Waals surface area contributed by atoms with Gasteiger partial charge in [0, 0.05) is 11.8 Å². The van der Waals surface area contributed by atoms with Gasteiger partial charge in [-0.05, 0) is 23.8 Å². The molecule has 8 heteroatoms. The first-order chi connectivity index (χ1) is 15.6. The summed E-state index contributed by atoms with van der Waals surface area (Å²) < 4.78 is 5.50. The highest BCUT2D eigenvalue weighted by atomic mass is 16.5. The topological polar surface area (TPSA) is 122 Å². The van der Waals surface area contributed by atoms with E-state index in [1.54, 1.807) is 18.2 Å². The number of aromatic amines is 1. The summed E-state index contributed by atoms with van der Waals surface area (Å²) in [6, 6.07) is 22.3. The average molecular weight is 427 g/mol. The Morgan fingerprint density at radius 2 is 1.72 bits per heavy atom. The van der Waals surface area contributed by atoms with Crippen LogP contribution in [0.3, 0.4) is 0 Å². The maximum Gasteiger partial charge on any atom is 0.340 e. The van der Waals surface area contributed by atoms with Gasteiger partial charge in [0.2, 0.25) is 5.66 Å². The third-order valence-electron chi connectivity index (χ3n) is 5.59. The molecule has 0 spiro atoms. The third-order valence-corrected chi connectivity index (χ3v) is 5.59. The lowest BCUT2D eigenvalue weighted by Crippen LogP contribution is -2.51. The highest BCUT2D eigenvalue weighted by Crippen LogP contribution is 2.42. The number of nitrogens with zero attached hydrogens (tertiary/aromatic N) is 1. The molecule has 1 aliphatic rings. The number of anilines is 2. The zero-order valence-electron chi connectivity index (χ0n) is 17.1. The second kappa shape index (κ2) is 7.73. The normalized spacial score (nSPS) is 16.8. The molecule has 1 aliphatic heterocycles. The van der Waals surface area contributed by atoms with E-state index in [0.29, 0.717) is 34.6 Å². The van der Waals surface area contributed by atoms with Crippen molar-refractivity contribution in [3.05, 3.63) is 89.6 Å². The maximum atomic E-state index is 12.8. The minimum atomic E-state index is -1.49. The van der Waals surface area contributed by atoms with Crippen molar-refractivity contribution in [2.45, 2.75) is 12.1 Å². The number of aromatic nitrogens is 2. The summed E-state index contributed by atoms with van der Waals surface area (Å²) in [6.07, 6.45) is 0.610. The van der Waals surface area contributed by atoms with Crippen molar-refractivity contribution in [2.75, 3.05) is 17.2 Å². The molecule has 0 saturated heterocycles. The molecule has 1 unspecified atom stereocenters. The Balaban J connectivity index is 1.43. The molecule has 32 heavy (non-hydrogen) atoms. The van der Waals surface area contributed by atoms with Gasteiger partial charge in [-0.25, -0.2) is 4.79 Å². The zero-order chi connectivity index (χ0) is 22.1. The Morgan fingerprint density at radius 1 is 0.938 bits per heavy atom. The van der Waals surface area contributed by atoms with Crippen LogP contribution >= 0.6 is 0 Å². The van der Waals surface area contributed by atoms with Crippen LogP contribution in [0.15, 0.2) is 72.8 Å². The second-order valence-electron chi connectivity index (χ2n) is 7.58. The van der Waals surface area contributed by atoms with Crippen LogP contribution in [0.5, 0.6) is 0 Å². The van der Waals surface area contributed by atoms with Crippen molar-refractivity contribution in [3.63, 3.8) is 0 Å². The molecule has 4 aromatic rings. The fourth-order valence-corrected chi connectivity index (χ4v) is 3.98. The van der Waals surface area contributed by atoms with E-state index in [1.807, 2.05) is 54.6 Å². The number of esters is 1. The lowest BCUT2D eigenvalue weighted by atomic mass is 10.0. The standard InChI is InChI=1S/C24H21N5O3/c25-23(31)24(21-16-9-4-5-11-18(16)28-29-21)26-19-12-6-10-17(20(19)27-24)22(30)32-14-13-15-7-2-1-3-8-15/h1-12,26-27H,13-14H2,(H2,25,31)(H,28,29). The maximum absolute atomic E-state index is 12.8. The summed E-state index contributed by atoms with van der Waals surface area (Å²) in [6.45, 7) is 0.242. The van der Waals surface area contributed by atoms with Gasteiger partial charge in [0.05, 0.1) is 34.8 Å². The van der Waals surface area contributed by atoms with E-state index in [1.165, 1.54) is 0 Å². The van der Waals surface area contributed by atoms with E-state index in [-0.39, 0.29) is 6.61 Å². The molecular formula is C24H21N5O3. The van der Waals surface area contributed by atoms with Crippen LogP contribution in [-0.4, -0.2) is 28.7 Å². The van der Waals surface area contributed by atoms with Crippen molar-refractivity contribution >= 4 is 34.2 Å². The predicted octanol–water partition coefficient (Wildman–Crippen LogP) is 3.14. The average Bonchev–Trinajstić information content (AvgIpc) is 3.42. The van der Waals surface area contributed by atoms with Crippen LogP contribution in [0.2, 0.25) is 0 Å². The van der Waals surface area contributed by atoms with Crippen molar-refractivity contribution in [2.24, 2.45) is 5.73 Å². The molecule has 0 fully saturated rings. The molecule has 1 atom stereocenters. The summed E-state index contributed by atoms with van der Waals surface area (Å²) in [5, 5.41) is 14.2. The Morgan fingerprint density at radius 3 is 2.53 bits per heavy atom. The van der Waals surface area contributed by atoms with E-state index in [0.717, 1.165) is 10.9 Å². The van der Waals surface area contributed by atoms with Gasteiger partial charge in [0.15, 0.2) is 0 Å². The molecule has 0 bridgehead atoms. The van der Waals surface area contributed by atoms with Gasteiger partial charge in [0.1, 0.15) is 0 Å². The zero-order valence-corrected chi connectivity index (χ0v) is 17.1. The highest BCUT2D eigenvalue weighted by Gasteiger charge is 2.47. The number of ether oxygens (including phenoxy) is 1. The minimum Gasteiger partial charge on any atom is -0.462 e. The molecule has 3 aromatic carbocycles. The summed E-state index contributed by atoms with van der Waals surface area (Å²) in [5.74, 6) is -1.15. The number of H-pyrrole nitrogens is 1. The molecule has 1 amide bonds. The number of hydrogen-bond acceptors (Lipinski definition) is 6. The van der Waals surface area contributed by atoms with Crippen LogP contribution in [0.4, 0.5) is 11.4 Å². The van der Waals surface area contributed by atoms with Crippen LogP contribution in [0.25, 0.3) is 10.9 Å². The Bertz CT molecular complexity index is 1320. The van der Waals surface area contributed by atoms with Crippen molar-refractivity contribution in [1.82, 2.24) is 10.2 Å². The fourth-order valence-electron chi connectivity index (χ4n) is 3.98. The number of para-hydroxylation sites is 2. The largest absolute Gasteiger partial charge is 0.462 e. The molecule has 0 radical (unpaired) electrons. The third kappa shape index (κ3) is 3.22. The number of benzene rings is 3. The van der Waals surface area contributed by atoms with Gasteiger partial charge >= 0.3 is 5.97 Å². The first kappa shape index (κ1) is 19.6. The van der Waals surface area contributed by atoms with Crippen molar-refractivity contribution < 1.29 is 14.3 Å². The van der Waals surface area contributed by atoms with Crippen LogP contribution in [0, 0.1) is 0 Å². The predicted molar refractivity (Wildman–Crippen MR) is 121 cm³/mol. The Hall–Kier alpha value is -4.33. The molecule has 1 aromatic heterocycles. The first-order valence-electron chi connectivity index (χ1n) is 10.2. The summed E-state index contributed by atoms with van der Waals surface area (Å²) in [5.41, 5.74) is 7.94. The van der Waals surface area contributed by atoms with Gasteiger partial charge in [-0.2, -0.15) is 5.10 Å². The number of hydrogen-bond donors (Lipinski definition) is 4. The first-order valence-corrected chi connectivity index (χ1v) is 10.2. The van der Waals surface area contributed by atoms with E-state index in [4.69, 9.17) is 10.5 Å². The molecule has 160 valence electrons. The number of primary amides is 1.